The second-order valence-electron chi connectivity index (χ2n) is 13.7. The molecule has 50 heavy (non-hydrogen) atoms. The second kappa shape index (κ2) is 17.3. The van der Waals surface area contributed by atoms with Crippen LogP contribution in [0.3, 0.4) is 0 Å². The smallest absolute Gasteiger partial charge is 0.409 e. The summed E-state index contributed by atoms with van der Waals surface area (Å²) in [5.41, 5.74) is 0.644. The summed E-state index contributed by atoms with van der Waals surface area (Å²) in [6, 6.07) is 9.41. The van der Waals surface area contributed by atoms with Crippen molar-refractivity contribution in [3.8, 4) is 11.6 Å². The Morgan fingerprint density at radius 2 is 1.66 bits per heavy atom. The molecule has 2 N–H and O–H groups in total. The number of piperazine rings is 1. The van der Waals surface area contributed by atoms with Gasteiger partial charge < -0.3 is 34.8 Å². The van der Waals surface area contributed by atoms with Gasteiger partial charge in [0.25, 0.3) is 11.8 Å². The first kappa shape index (κ1) is 36.7. The Morgan fingerprint density at radius 3 is 2.32 bits per heavy atom. The van der Waals surface area contributed by atoms with E-state index in [0.717, 1.165) is 38.5 Å². The number of nitrogens with one attached hydrogen (secondary N) is 2. The number of benzene rings is 1. The van der Waals surface area contributed by atoms with E-state index in [1.165, 1.54) is 10.7 Å². The third-order valence-corrected chi connectivity index (χ3v) is 9.46. The van der Waals surface area contributed by atoms with E-state index >= 15 is 0 Å². The summed E-state index contributed by atoms with van der Waals surface area (Å²) in [6.07, 6.45) is 6.14. The van der Waals surface area contributed by atoms with E-state index in [1.54, 1.807) is 26.8 Å². The number of hydrogen-bond acceptors (Lipinski definition) is 8. The van der Waals surface area contributed by atoms with Crippen LogP contribution in [0.2, 0.25) is 0 Å². The zero-order valence-electron chi connectivity index (χ0n) is 29.5. The van der Waals surface area contributed by atoms with Gasteiger partial charge in [0, 0.05) is 44.8 Å². The van der Waals surface area contributed by atoms with Crippen LogP contribution >= 0.6 is 0 Å². The van der Waals surface area contributed by atoms with Crippen molar-refractivity contribution < 1.29 is 33.4 Å². The molecule has 0 spiro atoms. The second-order valence-corrected chi connectivity index (χ2v) is 13.7. The van der Waals surface area contributed by atoms with Crippen molar-refractivity contribution >= 4 is 29.7 Å². The molecule has 3 fully saturated rings. The molecule has 0 radical (unpaired) electrons. The summed E-state index contributed by atoms with van der Waals surface area (Å²) < 4.78 is 12.8. The molecule has 3 heterocycles. The molecule has 5 amide bonds. The third kappa shape index (κ3) is 9.33. The van der Waals surface area contributed by atoms with E-state index in [1.807, 2.05) is 39.0 Å². The number of rotatable bonds is 14. The lowest BCUT2D eigenvalue weighted by atomic mass is 9.93. The van der Waals surface area contributed by atoms with E-state index in [0.29, 0.717) is 57.9 Å². The standard InChI is InChI=1S/C36H51N7O7/c1-4-5-21-49-36(48)41-19-17-40(18-20-41)35(47)29(22-25(2)3)38-33(45)28-23-32(43(39-28)27-13-7-6-8-14-27)50-24-31(44)42-16-10-15-30(42)34(46)37-26-11-9-12-26/h6-8,13-14,23,25-26,29-30H,4-5,9-12,15-22,24H2,1-3H3,(H,37,46)(H,38,45)/t29-,30-/m0/s1. The molecule has 14 nitrogen and oxygen atoms in total. The number of aromatic nitrogens is 2. The predicted octanol–water partition coefficient (Wildman–Crippen LogP) is 3.14. The summed E-state index contributed by atoms with van der Waals surface area (Å²) >= 11 is 0. The van der Waals surface area contributed by atoms with Crippen molar-refractivity contribution in [1.29, 1.82) is 0 Å². The van der Waals surface area contributed by atoms with Crippen molar-refractivity contribution in [3.05, 3.63) is 42.1 Å². The van der Waals surface area contributed by atoms with Gasteiger partial charge in [-0.3, -0.25) is 19.2 Å². The fraction of sp³-hybridized carbons (Fsp3) is 0.611. The maximum Gasteiger partial charge on any atom is 0.409 e. The van der Waals surface area contributed by atoms with Gasteiger partial charge in [0.2, 0.25) is 17.7 Å². The molecule has 1 saturated carbocycles. The highest BCUT2D eigenvalue weighted by Crippen LogP contribution is 2.24. The monoisotopic (exact) mass is 693 g/mol. The van der Waals surface area contributed by atoms with Crippen LogP contribution < -0.4 is 15.4 Å². The minimum atomic E-state index is -0.809. The number of carbonyl (C=O) groups excluding carboxylic acids is 5. The zero-order chi connectivity index (χ0) is 35.6. The SMILES string of the molecule is CCCCOC(=O)N1CCN(C(=O)[C@H](CC(C)C)NC(=O)c2cc(OCC(=O)N3CCC[C@H]3C(=O)NC3CCC3)n(-c3ccccc3)n2)CC1. The Kier molecular flexibility index (Phi) is 12.7. The maximum atomic E-state index is 13.7. The van der Waals surface area contributed by atoms with Gasteiger partial charge in [0.1, 0.15) is 12.1 Å². The molecule has 1 aliphatic carbocycles. The molecular weight excluding hydrogens is 642 g/mol. The normalized spacial score (nSPS) is 18.4. The van der Waals surface area contributed by atoms with Crippen LogP contribution in [0, 0.1) is 5.92 Å². The molecule has 5 rings (SSSR count). The highest BCUT2D eigenvalue weighted by atomic mass is 16.6. The number of para-hydroxylation sites is 1. The highest BCUT2D eigenvalue weighted by molar-refractivity contribution is 5.96. The summed E-state index contributed by atoms with van der Waals surface area (Å²) in [7, 11) is 0. The number of carbonyl (C=O) groups is 5. The number of amides is 5. The van der Waals surface area contributed by atoms with Crippen LogP contribution in [0.15, 0.2) is 36.4 Å². The highest BCUT2D eigenvalue weighted by Gasteiger charge is 2.36. The quantitative estimate of drug-likeness (QED) is 0.286. The van der Waals surface area contributed by atoms with Crippen LogP contribution in [-0.4, -0.2) is 118 Å². The first-order chi connectivity index (χ1) is 24.1. The van der Waals surface area contributed by atoms with Crippen LogP contribution in [0.5, 0.6) is 5.88 Å². The van der Waals surface area contributed by atoms with Crippen molar-refractivity contribution in [2.24, 2.45) is 5.92 Å². The molecule has 2 saturated heterocycles. The van der Waals surface area contributed by atoms with Gasteiger partial charge in [-0.2, -0.15) is 5.10 Å². The van der Waals surface area contributed by atoms with Crippen molar-refractivity contribution in [1.82, 2.24) is 35.1 Å². The van der Waals surface area contributed by atoms with Crippen LogP contribution in [0.4, 0.5) is 4.79 Å². The molecule has 3 aliphatic rings. The summed E-state index contributed by atoms with van der Waals surface area (Å²) in [5, 5.41) is 10.5. The zero-order valence-corrected chi connectivity index (χ0v) is 29.5. The summed E-state index contributed by atoms with van der Waals surface area (Å²) in [6.45, 7) is 7.86. The molecule has 1 aromatic carbocycles. The van der Waals surface area contributed by atoms with E-state index < -0.39 is 18.0 Å². The summed E-state index contributed by atoms with van der Waals surface area (Å²) in [4.78, 5) is 70.8. The van der Waals surface area contributed by atoms with E-state index in [-0.39, 0.29) is 54.0 Å². The van der Waals surface area contributed by atoms with E-state index in [4.69, 9.17) is 9.47 Å². The average Bonchev–Trinajstić information content (AvgIpc) is 3.77. The number of unbranched alkanes of at least 4 members (excludes halogenated alkanes) is 1. The van der Waals surface area contributed by atoms with Crippen molar-refractivity contribution in [3.63, 3.8) is 0 Å². The van der Waals surface area contributed by atoms with Gasteiger partial charge in [-0.25, -0.2) is 9.48 Å². The molecule has 1 aromatic heterocycles. The van der Waals surface area contributed by atoms with Crippen molar-refractivity contribution in [2.75, 3.05) is 45.9 Å². The number of ether oxygens (including phenoxy) is 2. The van der Waals surface area contributed by atoms with Gasteiger partial charge in [-0.15, -0.1) is 0 Å². The minimum Gasteiger partial charge on any atom is -0.467 e. The van der Waals surface area contributed by atoms with Gasteiger partial charge in [0.05, 0.1) is 12.3 Å². The van der Waals surface area contributed by atoms with Crippen LogP contribution in [0.1, 0.15) is 82.6 Å². The van der Waals surface area contributed by atoms with E-state index in [9.17, 15) is 24.0 Å². The van der Waals surface area contributed by atoms with E-state index in [2.05, 4.69) is 15.7 Å². The van der Waals surface area contributed by atoms with Crippen LogP contribution in [-0.2, 0) is 19.1 Å². The molecule has 14 heteroatoms. The van der Waals surface area contributed by atoms with Crippen LogP contribution in [0.25, 0.3) is 5.69 Å². The summed E-state index contributed by atoms with van der Waals surface area (Å²) in [5.74, 6) is -0.933. The fourth-order valence-corrected chi connectivity index (χ4v) is 6.39. The number of hydrogen-bond donors (Lipinski definition) is 2. The van der Waals surface area contributed by atoms with Gasteiger partial charge in [-0.1, -0.05) is 45.4 Å². The van der Waals surface area contributed by atoms with Crippen molar-refractivity contribution in [2.45, 2.75) is 90.3 Å². The molecule has 2 aliphatic heterocycles. The molecule has 0 bridgehead atoms. The topological polar surface area (TPSA) is 155 Å². The molecule has 272 valence electrons. The number of likely N-dealkylation sites (tertiary alicyclic amines) is 1. The lowest BCUT2D eigenvalue weighted by Crippen LogP contribution is -2.56. The largest absolute Gasteiger partial charge is 0.467 e. The first-order valence-electron chi connectivity index (χ1n) is 18.0. The average molecular weight is 694 g/mol. The van der Waals surface area contributed by atoms with Gasteiger partial charge in [-0.05, 0) is 63.0 Å². The maximum absolute atomic E-state index is 13.7. The number of nitrogens with zero attached hydrogens (tertiary/aromatic N) is 5. The Balaban J connectivity index is 1.24. The molecular formula is C36H51N7O7. The fourth-order valence-electron chi connectivity index (χ4n) is 6.39. The molecule has 2 atom stereocenters. The first-order valence-corrected chi connectivity index (χ1v) is 18.0. The van der Waals surface area contributed by atoms with Gasteiger partial charge >= 0.3 is 6.09 Å². The Morgan fingerprint density at radius 1 is 0.940 bits per heavy atom. The third-order valence-electron chi connectivity index (χ3n) is 9.46. The lowest BCUT2D eigenvalue weighted by molar-refractivity contribution is -0.140. The van der Waals surface area contributed by atoms with Gasteiger partial charge in [0.15, 0.2) is 12.3 Å². The Bertz CT molecular complexity index is 1480. The minimum absolute atomic E-state index is 0.0245. The Labute approximate surface area is 293 Å². The molecule has 0 unspecified atom stereocenters. The molecule has 2 aromatic rings. The lowest BCUT2D eigenvalue weighted by Gasteiger charge is -2.36. The predicted molar refractivity (Wildman–Crippen MR) is 185 cm³/mol. The Hall–Kier alpha value is -4.62.